The van der Waals surface area contributed by atoms with E-state index in [1.807, 2.05) is 13.0 Å². The van der Waals surface area contributed by atoms with Crippen molar-refractivity contribution in [3.8, 4) is 17.6 Å². The first-order valence-corrected chi connectivity index (χ1v) is 9.72. The fourth-order valence-electron chi connectivity index (χ4n) is 3.20. The van der Waals surface area contributed by atoms with Gasteiger partial charge >= 0.3 is 0 Å². The zero-order valence-corrected chi connectivity index (χ0v) is 17.1. The lowest BCUT2D eigenvalue weighted by Gasteiger charge is -2.29. The third-order valence-electron chi connectivity index (χ3n) is 4.64. The van der Waals surface area contributed by atoms with Crippen molar-refractivity contribution in [2.75, 3.05) is 13.7 Å². The van der Waals surface area contributed by atoms with Crippen molar-refractivity contribution in [3.63, 3.8) is 0 Å². The van der Waals surface area contributed by atoms with Gasteiger partial charge in [-0.2, -0.15) is 5.26 Å². The molecule has 1 aromatic rings. The number of halogens is 1. The number of methoxy groups -OCH3 is 1. The van der Waals surface area contributed by atoms with Crippen molar-refractivity contribution in [3.05, 3.63) is 27.7 Å². The molecule has 1 aliphatic rings. The molecule has 1 aliphatic carbocycles. The Balaban J connectivity index is 2.23. The Morgan fingerprint density at radius 1 is 1.42 bits per heavy atom. The summed E-state index contributed by atoms with van der Waals surface area (Å²) in [5.74, 6) is 1.26. The summed E-state index contributed by atoms with van der Waals surface area (Å²) < 4.78 is 11.6. The van der Waals surface area contributed by atoms with Crippen molar-refractivity contribution in [2.45, 2.75) is 45.6 Å². The lowest BCUT2D eigenvalue weighted by Crippen LogP contribution is -2.41. The molecule has 0 saturated heterocycles. The van der Waals surface area contributed by atoms with Gasteiger partial charge in [-0.25, -0.2) is 0 Å². The van der Waals surface area contributed by atoms with Gasteiger partial charge in [0.05, 0.1) is 18.2 Å². The molecule has 1 fully saturated rings. The van der Waals surface area contributed by atoms with Crippen LogP contribution in [0.15, 0.2) is 22.2 Å². The van der Waals surface area contributed by atoms with E-state index >= 15 is 0 Å². The molecule has 6 heteroatoms. The minimum absolute atomic E-state index is 0.0842. The van der Waals surface area contributed by atoms with Crippen LogP contribution in [-0.4, -0.2) is 25.7 Å². The maximum Gasteiger partial charge on any atom is 0.262 e. The van der Waals surface area contributed by atoms with Gasteiger partial charge in [0.2, 0.25) is 0 Å². The molecule has 1 amide bonds. The Bertz CT molecular complexity index is 725. The normalized spacial score (nSPS) is 20.2. The van der Waals surface area contributed by atoms with Gasteiger partial charge in [0.25, 0.3) is 5.91 Å². The molecular formula is C20H25BrN2O3. The molecule has 2 rings (SSSR count). The van der Waals surface area contributed by atoms with Crippen LogP contribution in [0.1, 0.15) is 45.1 Å². The maximum absolute atomic E-state index is 12.5. The van der Waals surface area contributed by atoms with Crippen LogP contribution in [0.4, 0.5) is 0 Å². The number of rotatable bonds is 6. The summed E-state index contributed by atoms with van der Waals surface area (Å²) in [4.78, 5) is 12.5. The van der Waals surface area contributed by atoms with Crippen molar-refractivity contribution in [1.29, 1.82) is 5.26 Å². The lowest BCUT2D eigenvalue weighted by atomic mass is 9.86. The molecule has 0 heterocycles. The molecule has 1 N–H and O–H groups in total. The maximum atomic E-state index is 12.5. The number of nitriles is 1. The number of hydrogen-bond acceptors (Lipinski definition) is 4. The van der Waals surface area contributed by atoms with Gasteiger partial charge in [-0.05, 0) is 65.4 Å². The first-order valence-electron chi connectivity index (χ1n) is 8.93. The summed E-state index contributed by atoms with van der Waals surface area (Å²) in [6, 6.07) is 5.71. The monoisotopic (exact) mass is 420 g/mol. The quantitative estimate of drug-likeness (QED) is 0.544. The highest BCUT2D eigenvalue weighted by molar-refractivity contribution is 9.10. The van der Waals surface area contributed by atoms with Crippen LogP contribution in [0, 0.1) is 17.2 Å². The smallest absolute Gasteiger partial charge is 0.262 e. The highest BCUT2D eigenvalue weighted by atomic mass is 79.9. The highest BCUT2D eigenvalue weighted by Crippen LogP contribution is 2.37. The number of benzene rings is 1. The average molecular weight is 421 g/mol. The second-order valence-corrected chi connectivity index (χ2v) is 7.33. The number of carbonyl (C=O) groups excluding carboxylic acids is 1. The zero-order chi connectivity index (χ0) is 19.1. The number of hydrogen-bond donors (Lipinski definition) is 1. The minimum Gasteiger partial charge on any atom is -0.493 e. The summed E-state index contributed by atoms with van der Waals surface area (Å²) in [5.41, 5.74) is 0.779. The van der Waals surface area contributed by atoms with E-state index in [0.29, 0.717) is 34.1 Å². The molecule has 2 unspecified atom stereocenters. The number of amides is 1. The summed E-state index contributed by atoms with van der Waals surface area (Å²) in [6.07, 6.45) is 5.97. The van der Waals surface area contributed by atoms with Crippen LogP contribution >= 0.6 is 15.9 Å². The van der Waals surface area contributed by atoms with Crippen LogP contribution in [0.25, 0.3) is 6.08 Å². The van der Waals surface area contributed by atoms with Gasteiger partial charge in [0.1, 0.15) is 11.6 Å². The largest absolute Gasteiger partial charge is 0.493 e. The third-order valence-corrected chi connectivity index (χ3v) is 5.23. The first kappa shape index (κ1) is 20.3. The predicted octanol–water partition coefficient (Wildman–Crippen LogP) is 4.46. The second kappa shape index (κ2) is 9.63. The molecule has 140 valence electrons. The molecular weight excluding hydrogens is 396 g/mol. The molecule has 1 aromatic carbocycles. The van der Waals surface area contributed by atoms with Crippen LogP contribution in [0.2, 0.25) is 0 Å². The summed E-state index contributed by atoms with van der Waals surface area (Å²) in [5, 5.41) is 12.5. The fraction of sp³-hybridized carbons (Fsp3) is 0.500. The summed E-state index contributed by atoms with van der Waals surface area (Å²) in [6.45, 7) is 4.55. The van der Waals surface area contributed by atoms with Crippen molar-refractivity contribution >= 4 is 27.9 Å². The molecule has 0 aliphatic heterocycles. The number of nitrogens with zero attached hydrogens (tertiary/aromatic N) is 1. The molecule has 0 aromatic heterocycles. The topological polar surface area (TPSA) is 71.3 Å². The van der Waals surface area contributed by atoms with Gasteiger partial charge in [-0.15, -0.1) is 0 Å². The SMILES string of the molecule is CCOc1c(Br)cc(/C=C(\C#N)C(=O)NC2CCCCC2C)cc1OC. The minimum atomic E-state index is -0.324. The van der Waals surface area contributed by atoms with Gasteiger partial charge in [0, 0.05) is 6.04 Å². The Hall–Kier alpha value is -2.00. The van der Waals surface area contributed by atoms with Crippen LogP contribution < -0.4 is 14.8 Å². The second-order valence-electron chi connectivity index (χ2n) is 6.48. The van der Waals surface area contributed by atoms with E-state index in [1.165, 1.54) is 6.42 Å². The van der Waals surface area contributed by atoms with Gasteiger partial charge < -0.3 is 14.8 Å². The summed E-state index contributed by atoms with van der Waals surface area (Å²) in [7, 11) is 1.56. The molecule has 2 atom stereocenters. The molecule has 0 radical (unpaired) electrons. The Labute approximate surface area is 163 Å². The molecule has 26 heavy (non-hydrogen) atoms. The van der Waals surface area contributed by atoms with Crippen LogP contribution in [0.5, 0.6) is 11.5 Å². The molecule has 0 bridgehead atoms. The number of carbonyl (C=O) groups is 1. The fourth-order valence-corrected chi connectivity index (χ4v) is 3.77. The van der Waals surface area contributed by atoms with Crippen molar-refractivity contribution in [2.24, 2.45) is 5.92 Å². The number of ether oxygens (including phenoxy) is 2. The van der Waals surface area contributed by atoms with E-state index in [2.05, 4.69) is 28.2 Å². The van der Waals surface area contributed by atoms with E-state index in [-0.39, 0.29) is 17.5 Å². The predicted molar refractivity (Wildman–Crippen MR) is 105 cm³/mol. The van der Waals surface area contributed by atoms with E-state index in [9.17, 15) is 10.1 Å². The summed E-state index contributed by atoms with van der Waals surface area (Å²) >= 11 is 3.46. The molecule has 0 spiro atoms. The first-order chi connectivity index (χ1) is 12.5. The van der Waals surface area contributed by atoms with Crippen LogP contribution in [-0.2, 0) is 4.79 Å². The molecule has 1 saturated carbocycles. The van der Waals surface area contributed by atoms with Crippen molar-refractivity contribution < 1.29 is 14.3 Å². The van der Waals surface area contributed by atoms with Gasteiger partial charge in [-0.3, -0.25) is 4.79 Å². The van der Waals surface area contributed by atoms with E-state index in [0.717, 1.165) is 19.3 Å². The third kappa shape index (κ3) is 5.01. The number of nitrogens with one attached hydrogen (secondary N) is 1. The average Bonchev–Trinajstić information content (AvgIpc) is 2.63. The van der Waals surface area contributed by atoms with E-state index < -0.39 is 0 Å². The highest BCUT2D eigenvalue weighted by Gasteiger charge is 2.24. The van der Waals surface area contributed by atoms with Crippen LogP contribution in [0.3, 0.4) is 0 Å². The van der Waals surface area contributed by atoms with Gasteiger partial charge in [-0.1, -0.05) is 19.8 Å². The Kier molecular flexibility index (Phi) is 7.52. The zero-order valence-electron chi connectivity index (χ0n) is 15.5. The van der Waals surface area contributed by atoms with E-state index in [4.69, 9.17) is 9.47 Å². The molecule has 5 nitrogen and oxygen atoms in total. The Morgan fingerprint density at radius 3 is 2.77 bits per heavy atom. The van der Waals surface area contributed by atoms with Crippen molar-refractivity contribution in [1.82, 2.24) is 5.32 Å². The standard InChI is InChI=1S/C20H25BrN2O3/c1-4-26-19-16(21)10-14(11-18(19)25-3)9-15(12-22)20(24)23-17-8-6-5-7-13(17)2/h9-11,13,17H,4-8H2,1-3H3,(H,23,24)/b15-9+. The lowest BCUT2D eigenvalue weighted by molar-refractivity contribution is -0.118. The van der Waals surface area contributed by atoms with Gasteiger partial charge in [0.15, 0.2) is 11.5 Å². The van der Waals surface area contributed by atoms with E-state index in [1.54, 1.807) is 25.3 Å². The Morgan fingerprint density at radius 2 is 2.15 bits per heavy atom.